The molecule has 1 aliphatic rings. The van der Waals surface area contributed by atoms with Crippen molar-refractivity contribution in [3.8, 4) is 0 Å². The van der Waals surface area contributed by atoms with Gasteiger partial charge in [0.25, 0.3) is 11.5 Å². The van der Waals surface area contributed by atoms with Crippen molar-refractivity contribution in [2.24, 2.45) is 0 Å². The molecule has 1 aromatic heterocycles. The minimum atomic E-state index is -3.66. The molecule has 0 radical (unpaired) electrons. The van der Waals surface area contributed by atoms with Crippen LogP contribution in [-0.4, -0.2) is 25.9 Å². The summed E-state index contributed by atoms with van der Waals surface area (Å²) >= 11 is 5.79. The molecule has 0 fully saturated rings. The topological polar surface area (TPSA) is 96.1 Å². The fraction of sp³-hybridized carbons (Fsp3) is 0.300. The molecule has 0 unspecified atom stereocenters. The first-order valence-corrected chi connectivity index (χ1v) is 10.9. The average Bonchev–Trinajstić information content (AvgIpc) is 2.67. The van der Waals surface area contributed by atoms with Crippen LogP contribution in [0.2, 0.25) is 5.02 Å². The highest BCUT2D eigenvalue weighted by Crippen LogP contribution is 2.21. The van der Waals surface area contributed by atoms with Crippen LogP contribution in [0.5, 0.6) is 0 Å². The Bertz CT molecular complexity index is 1090. The number of rotatable bonds is 5. The second-order valence-corrected chi connectivity index (χ2v) is 9.26. The smallest absolute Gasteiger partial charge is 0.261 e. The minimum Gasteiger partial charge on any atom is -0.348 e. The number of nitrogens with one attached hydrogen (secondary N) is 2. The molecule has 2 aromatic rings. The molecule has 6 nitrogen and oxygen atoms in total. The van der Waals surface area contributed by atoms with Gasteiger partial charge in [0.2, 0.25) is 9.84 Å². The van der Waals surface area contributed by atoms with Gasteiger partial charge >= 0.3 is 0 Å². The predicted molar refractivity (Wildman–Crippen MR) is 108 cm³/mol. The van der Waals surface area contributed by atoms with Gasteiger partial charge in [0.15, 0.2) is 0 Å². The van der Waals surface area contributed by atoms with Crippen LogP contribution in [0.3, 0.4) is 0 Å². The first-order valence-electron chi connectivity index (χ1n) is 9.00. The molecular weight excluding hydrogens is 400 g/mol. The number of halogens is 1. The Balaban J connectivity index is 1.71. The van der Waals surface area contributed by atoms with Gasteiger partial charge in [-0.15, -0.1) is 0 Å². The molecule has 148 valence electrons. The lowest BCUT2D eigenvalue weighted by atomic mass is 9.95. The van der Waals surface area contributed by atoms with Gasteiger partial charge in [-0.2, -0.15) is 0 Å². The van der Waals surface area contributed by atoms with E-state index in [4.69, 9.17) is 11.6 Å². The van der Waals surface area contributed by atoms with Gasteiger partial charge in [-0.05, 0) is 68.5 Å². The maximum Gasteiger partial charge on any atom is 0.261 e. The molecular formula is C20H21ClN2O4S. The van der Waals surface area contributed by atoms with Gasteiger partial charge in [-0.1, -0.05) is 17.7 Å². The number of benzene rings is 1. The molecule has 3 rings (SSSR count). The number of hydrogen-bond acceptors (Lipinski definition) is 4. The normalized spacial score (nSPS) is 14.4. The second kappa shape index (κ2) is 8.32. The number of fused-ring (bicyclic) bond motifs is 1. The highest BCUT2D eigenvalue weighted by atomic mass is 35.5. The lowest BCUT2D eigenvalue weighted by Crippen LogP contribution is -2.31. The number of H-pyrrole nitrogens is 1. The second-order valence-electron chi connectivity index (χ2n) is 6.71. The molecule has 1 aliphatic carbocycles. The third-order valence-corrected chi connectivity index (χ3v) is 6.94. The van der Waals surface area contributed by atoms with E-state index in [1.807, 2.05) is 0 Å². The number of sulfone groups is 1. The SMILES string of the molecule is C/C(=C/CNC(=O)c1cc2c([nH]c1=O)CCCC2)S(=O)(=O)c1ccc(Cl)cc1. The molecule has 0 bridgehead atoms. The van der Waals surface area contributed by atoms with Crippen LogP contribution in [0, 0.1) is 0 Å². The van der Waals surface area contributed by atoms with Gasteiger partial charge < -0.3 is 10.3 Å². The number of aromatic nitrogens is 1. The van der Waals surface area contributed by atoms with Gasteiger partial charge in [0.05, 0.1) is 4.90 Å². The van der Waals surface area contributed by atoms with Crippen molar-refractivity contribution >= 4 is 27.3 Å². The minimum absolute atomic E-state index is 0.00594. The van der Waals surface area contributed by atoms with E-state index in [1.165, 1.54) is 37.3 Å². The van der Waals surface area contributed by atoms with E-state index >= 15 is 0 Å². The molecule has 8 heteroatoms. The quantitative estimate of drug-likeness (QED) is 0.777. The zero-order valence-electron chi connectivity index (χ0n) is 15.4. The molecule has 0 saturated carbocycles. The summed E-state index contributed by atoms with van der Waals surface area (Å²) < 4.78 is 25.0. The third kappa shape index (κ3) is 4.36. The largest absolute Gasteiger partial charge is 0.348 e. The van der Waals surface area contributed by atoms with Crippen molar-refractivity contribution in [1.82, 2.24) is 10.3 Å². The first kappa shape index (κ1) is 20.4. The van der Waals surface area contributed by atoms with Gasteiger partial charge in [0, 0.05) is 22.2 Å². The molecule has 0 spiro atoms. The van der Waals surface area contributed by atoms with Gasteiger partial charge in [0.1, 0.15) is 5.56 Å². The highest BCUT2D eigenvalue weighted by molar-refractivity contribution is 7.95. The van der Waals surface area contributed by atoms with E-state index in [1.54, 1.807) is 6.07 Å². The lowest BCUT2D eigenvalue weighted by molar-refractivity contribution is 0.0956. The number of amides is 1. The van der Waals surface area contributed by atoms with Crippen LogP contribution in [-0.2, 0) is 22.7 Å². The Kier molecular flexibility index (Phi) is 6.05. The number of hydrogen-bond donors (Lipinski definition) is 2. The molecule has 2 N–H and O–H groups in total. The Morgan fingerprint density at radius 2 is 1.89 bits per heavy atom. The summed E-state index contributed by atoms with van der Waals surface area (Å²) in [5, 5.41) is 3.04. The first-order chi connectivity index (χ1) is 13.3. The van der Waals surface area contributed by atoms with Crippen LogP contribution in [0.1, 0.15) is 41.4 Å². The van der Waals surface area contributed by atoms with Crippen molar-refractivity contribution in [1.29, 1.82) is 0 Å². The van der Waals surface area contributed by atoms with Gasteiger partial charge in [-0.25, -0.2) is 8.42 Å². The molecule has 1 amide bonds. The number of carbonyl (C=O) groups excluding carboxylic acids is 1. The standard InChI is InChI=1S/C20H21ClN2O4S/c1-13(28(26,27)16-8-6-15(21)7-9-16)10-11-22-19(24)17-12-14-4-2-3-5-18(14)23-20(17)25/h6-10,12H,2-5,11H2,1H3,(H,22,24)(H,23,25)/b13-10-. The summed E-state index contributed by atoms with van der Waals surface area (Å²) in [6.45, 7) is 1.45. The van der Waals surface area contributed by atoms with Crippen LogP contribution in [0.15, 0.2) is 51.0 Å². The maximum atomic E-state index is 12.5. The maximum absolute atomic E-state index is 12.5. The van der Waals surface area contributed by atoms with Crippen molar-refractivity contribution in [2.75, 3.05) is 6.54 Å². The fourth-order valence-electron chi connectivity index (χ4n) is 3.14. The lowest BCUT2D eigenvalue weighted by Gasteiger charge is -2.15. The van der Waals surface area contributed by atoms with E-state index in [0.717, 1.165) is 36.9 Å². The van der Waals surface area contributed by atoms with Crippen LogP contribution in [0.25, 0.3) is 0 Å². The summed E-state index contributed by atoms with van der Waals surface area (Å²) in [7, 11) is -3.66. The Labute approximate surface area is 168 Å². The Morgan fingerprint density at radius 3 is 2.61 bits per heavy atom. The predicted octanol–water partition coefficient (Wildman–Crippen LogP) is 3.01. The average molecular weight is 421 g/mol. The summed E-state index contributed by atoms with van der Waals surface area (Å²) in [5.41, 5.74) is 1.52. The molecule has 1 aromatic carbocycles. The summed E-state index contributed by atoms with van der Waals surface area (Å²) in [5.74, 6) is -0.525. The van der Waals surface area contributed by atoms with E-state index in [2.05, 4.69) is 10.3 Å². The number of aryl methyl sites for hydroxylation is 2. The van der Waals surface area contributed by atoms with Crippen LogP contribution in [0.4, 0.5) is 0 Å². The fourth-order valence-corrected chi connectivity index (χ4v) is 4.43. The van der Waals surface area contributed by atoms with Crippen molar-refractivity contribution in [3.63, 3.8) is 0 Å². The zero-order valence-corrected chi connectivity index (χ0v) is 17.0. The molecule has 0 saturated heterocycles. The number of pyridine rings is 1. The summed E-state index contributed by atoms with van der Waals surface area (Å²) in [6, 6.07) is 7.52. The Morgan fingerprint density at radius 1 is 1.21 bits per heavy atom. The van der Waals surface area contributed by atoms with E-state index in [0.29, 0.717) is 5.02 Å². The molecule has 1 heterocycles. The van der Waals surface area contributed by atoms with Crippen molar-refractivity contribution < 1.29 is 13.2 Å². The third-order valence-electron chi connectivity index (χ3n) is 4.78. The summed E-state index contributed by atoms with van der Waals surface area (Å²) in [4.78, 5) is 27.6. The van der Waals surface area contributed by atoms with E-state index in [-0.39, 0.29) is 21.9 Å². The van der Waals surface area contributed by atoms with Gasteiger partial charge in [-0.3, -0.25) is 9.59 Å². The monoisotopic (exact) mass is 420 g/mol. The van der Waals surface area contributed by atoms with Crippen molar-refractivity contribution in [2.45, 2.75) is 37.5 Å². The molecule has 0 aliphatic heterocycles. The van der Waals surface area contributed by atoms with E-state index < -0.39 is 21.3 Å². The number of aromatic amines is 1. The van der Waals surface area contributed by atoms with E-state index in [9.17, 15) is 18.0 Å². The molecule has 0 atom stereocenters. The highest BCUT2D eigenvalue weighted by Gasteiger charge is 2.18. The number of allylic oxidation sites excluding steroid dienone is 1. The summed E-state index contributed by atoms with van der Waals surface area (Å²) in [6.07, 6.45) is 5.13. The Hall–Kier alpha value is -2.38. The van der Waals surface area contributed by atoms with Crippen LogP contribution >= 0.6 is 11.6 Å². The molecule has 28 heavy (non-hydrogen) atoms. The van der Waals surface area contributed by atoms with Crippen LogP contribution < -0.4 is 10.9 Å². The zero-order chi connectivity index (χ0) is 20.3. The number of carbonyl (C=O) groups is 1. The van der Waals surface area contributed by atoms with Crippen molar-refractivity contribution in [3.05, 3.63) is 73.5 Å².